The highest BCUT2D eigenvalue weighted by atomic mass is 35.5. The second-order valence-corrected chi connectivity index (χ2v) is 10.9. The molecule has 39 heavy (non-hydrogen) atoms. The van der Waals surface area contributed by atoms with Gasteiger partial charge < -0.3 is 15.5 Å². The van der Waals surface area contributed by atoms with Gasteiger partial charge in [0.1, 0.15) is 11.8 Å². The Hall–Kier alpha value is -2.58. The summed E-state index contributed by atoms with van der Waals surface area (Å²) in [4.78, 5) is 29.6. The number of hydrogen-bond acceptors (Lipinski definition) is 6. The normalized spacial score (nSPS) is 32.2. The van der Waals surface area contributed by atoms with Gasteiger partial charge in [-0.2, -0.15) is 26.3 Å². The van der Waals surface area contributed by atoms with Crippen molar-refractivity contribution in [2.24, 2.45) is 11.8 Å². The van der Waals surface area contributed by atoms with Gasteiger partial charge in [-0.3, -0.25) is 14.5 Å². The number of benzene rings is 2. The summed E-state index contributed by atoms with van der Waals surface area (Å²) in [7, 11) is 0. The van der Waals surface area contributed by atoms with E-state index in [9.17, 15) is 46.1 Å². The van der Waals surface area contributed by atoms with Crippen LogP contribution in [0.3, 0.4) is 0 Å². The molecule has 3 fully saturated rings. The first-order valence-corrected chi connectivity index (χ1v) is 12.4. The molecule has 6 unspecified atom stereocenters. The second-order valence-electron chi connectivity index (χ2n) is 10.1. The highest BCUT2D eigenvalue weighted by molar-refractivity contribution is 6.37. The van der Waals surface area contributed by atoms with Gasteiger partial charge in [-0.15, -0.1) is 0 Å². The van der Waals surface area contributed by atoms with Gasteiger partial charge in [-0.1, -0.05) is 23.2 Å². The Morgan fingerprint density at radius 2 is 1.54 bits per heavy atom. The molecule has 2 aromatic carbocycles. The number of imide groups is 1. The van der Waals surface area contributed by atoms with E-state index in [4.69, 9.17) is 23.2 Å². The Morgan fingerprint density at radius 1 is 0.923 bits per heavy atom. The minimum atomic E-state index is -5.21. The van der Waals surface area contributed by atoms with Crippen LogP contribution >= 0.6 is 23.2 Å². The Morgan fingerprint density at radius 3 is 2.13 bits per heavy atom. The van der Waals surface area contributed by atoms with Crippen LogP contribution in [0.4, 0.5) is 37.7 Å². The fourth-order valence-electron chi connectivity index (χ4n) is 6.73. The van der Waals surface area contributed by atoms with Crippen molar-refractivity contribution in [1.29, 1.82) is 0 Å². The molecule has 3 saturated heterocycles. The number of rotatable bonds is 1. The third-order valence-electron chi connectivity index (χ3n) is 8.05. The van der Waals surface area contributed by atoms with E-state index in [0.29, 0.717) is 17.0 Å². The number of hydrogen-bond donors (Lipinski definition) is 3. The molecule has 15 heteroatoms. The van der Waals surface area contributed by atoms with Gasteiger partial charge in [-0.05, 0) is 36.8 Å². The lowest BCUT2D eigenvalue weighted by atomic mass is 9.74. The largest absolute Gasteiger partial charge is 0.416 e. The van der Waals surface area contributed by atoms with E-state index in [2.05, 4.69) is 5.32 Å². The van der Waals surface area contributed by atoms with E-state index >= 15 is 0 Å². The average Bonchev–Trinajstić information content (AvgIpc) is 3.48. The predicted molar refractivity (Wildman–Crippen MR) is 125 cm³/mol. The number of aliphatic hydroxyl groups excluding tert-OH is 2. The molecule has 1 spiro atoms. The lowest BCUT2D eigenvalue weighted by molar-refractivity contribution is -0.143. The number of carbonyl (C=O) groups excluding carboxylic acids is 2. The fourth-order valence-corrected chi connectivity index (χ4v) is 7.28. The molecule has 208 valence electrons. The van der Waals surface area contributed by atoms with Crippen LogP contribution in [0.5, 0.6) is 0 Å². The molecule has 3 N–H and O–H groups in total. The second kappa shape index (κ2) is 8.23. The number of nitrogens with zero attached hydrogens (tertiary/aromatic N) is 2. The minimum Gasteiger partial charge on any atom is -0.392 e. The quantitative estimate of drug-likeness (QED) is 0.338. The summed E-state index contributed by atoms with van der Waals surface area (Å²) in [6.45, 7) is -0.0671. The van der Waals surface area contributed by atoms with Gasteiger partial charge in [0, 0.05) is 23.2 Å². The zero-order valence-corrected chi connectivity index (χ0v) is 20.8. The number of amides is 2. The molecule has 2 aromatic rings. The lowest BCUT2D eigenvalue weighted by Gasteiger charge is -2.41. The molecular weight excluding hydrogens is 579 g/mol. The highest BCUT2D eigenvalue weighted by Gasteiger charge is 2.75. The number of carbonyl (C=O) groups is 2. The first-order valence-electron chi connectivity index (χ1n) is 11.6. The van der Waals surface area contributed by atoms with Crippen molar-refractivity contribution in [3.63, 3.8) is 0 Å². The smallest absolute Gasteiger partial charge is 0.392 e. The molecular formula is C24H17Cl2F6N3O4. The first kappa shape index (κ1) is 26.6. The summed E-state index contributed by atoms with van der Waals surface area (Å²) >= 11 is 12.6. The maximum atomic E-state index is 14.0. The van der Waals surface area contributed by atoms with E-state index in [-0.39, 0.29) is 40.3 Å². The number of nitrogens with one attached hydrogen (secondary N) is 1. The van der Waals surface area contributed by atoms with Gasteiger partial charge in [0.15, 0.2) is 0 Å². The van der Waals surface area contributed by atoms with Gasteiger partial charge >= 0.3 is 12.4 Å². The summed E-state index contributed by atoms with van der Waals surface area (Å²) < 4.78 is 81.3. The Kier molecular flexibility index (Phi) is 5.62. The van der Waals surface area contributed by atoms with Crippen molar-refractivity contribution in [2.45, 2.75) is 42.7 Å². The Bertz CT molecular complexity index is 1400. The van der Waals surface area contributed by atoms with Crippen LogP contribution in [0.2, 0.25) is 10.0 Å². The van der Waals surface area contributed by atoms with Crippen molar-refractivity contribution in [3.05, 3.63) is 57.1 Å². The van der Waals surface area contributed by atoms with E-state index < -0.39 is 76.7 Å². The summed E-state index contributed by atoms with van der Waals surface area (Å²) in [6.07, 6.45) is -13.0. The van der Waals surface area contributed by atoms with Crippen molar-refractivity contribution >= 4 is 46.4 Å². The van der Waals surface area contributed by atoms with E-state index in [1.807, 2.05) is 0 Å². The summed E-state index contributed by atoms with van der Waals surface area (Å²) in [5.41, 5.74) is -5.60. The highest BCUT2D eigenvalue weighted by Crippen LogP contribution is 2.63. The zero-order chi connectivity index (χ0) is 28.4. The average molecular weight is 596 g/mol. The molecule has 6 rings (SSSR count). The molecule has 7 nitrogen and oxygen atoms in total. The van der Waals surface area contributed by atoms with E-state index in [1.165, 1.54) is 12.1 Å². The van der Waals surface area contributed by atoms with Crippen molar-refractivity contribution in [2.75, 3.05) is 16.8 Å². The van der Waals surface area contributed by atoms with E-state index in [1.54, 1.807) is 4.90 Å². The maximum Gasteiger partial charge on any atom is 0.416 e. The van der Waals surface area contributed by atoms with Crippen LogP contribution in [-0.2, 0) is 27.5 Å². The van der Waals surface area contributed by atoms with Crippen molar-refractivity contribution in [1.82, 2.24) is 4.90 Å². The standard InChI is InChI=1S/C24H17Cl2F6N3O4/c25-10-4-13-18(14(26)5-10)33-21(39)22(13)17-16(15-6-12(36)7-34(15)22)19(37)35(20(17)38)11-2-8(23(27,28)29)1-9(3-11)24(30,31)32/h1-5,12,15-17,21,33,36,39H,6-7H2. The molecule has 0 saturated carbocycles. The molecule has 6 atom stereocenters. The molecule has 4 aliphatic rings. The van der Waals surface area contributed by atoms with Gasteiger partial charge in [0.05, 0.1) is 45.5 Å². The van der Waals surface area contributed by atoms with Crippen LogP contribution < -0.4 is 10.2 Å². The molecule has 0 bridgehead atoms. The van der Waals surface area contributed by atoms with Crippen LogP contribution in [0.1, 0.15) is 23.1 Å². The van der Waals surface area contributed by atoms with Gasteiger partial charge in [0.2, 0.25) is 11.8 Å². The number of halogens is 8. The molecule has 0 aromatic heterocycles. The minimum absolute atomic E-state index is 0.0253. The molecule has 4 heterocycles. The maximum absolute atomic E-state index is 14.0. The molecule has 0 aliphatic carbocycles. The SMILES string of the molecule is O=C1C2C3CC(O)CN3C3(c4cc(Cl)cc(Cl)c4NC3O)C2C(=O)N1c1cc(C(F)(F)F)cc(C(F)(F)F)c1. The first-order chi connectivity index (χ1) is 18.1. The Balaban J connectivity index is 1.56. The topological polar surface area (TPSA) is 93.1 Å². The number of aliphatic hydroxyl groups is 2. The summed E-state index contributed by atoms with van der Waals surface area (Å²) in [5, 5.41) is 24.8. The number of fused-ring (bicyclic) bond motifs is 7. The van der Waals surface area contributed by atoms with Gasteiger partial charge in [-0.25, -0.2) is 4.90 Å². The van der Waals surface area contributed by atoms with Crippen LogP contribution in [0.15, 0.2) is 30.3 Å². The fraction of sp³-hybridized carbons (Fsp3) is 0.417. The monoisotopic (exact) mass is 595 g/mol. The summed E-state index contributed by atoms with van der Waals surface area (Å²) in [6, 6.07) is 2.45. The predicted octanol–water partition coefficient (Wildman–Crippen LogP) is 4.22. The van der Waals surface area contributed by atoms with Crippen molar-refractivity contribution < 1.29 is 46.1 Å². The third-order valence-corrected chi connectivity index (χ3v) is 8.57. The molecule has 4 aliphatic heterocycles. The summed E-state index contributed by atoms with van der Waals surface area (Å²) in [5.74, 6) is -4.86. The lowest BCUT2D eigenvalue weighted by Crippen LogP contribution is -2.56. The van der Waals surface area contributed by atoms with Gasteiger partial charge in [0.25, 0.3) is 0 Å². The molecule has 0 radical (unpaired) electrons. The third kappa shape index (κ3) is 3.56. The zero-order valence-electron chi connectivity index (χ0n) is 19.3. The van der Waals surface area contributed by atoms with Crippen molar-refractivity contribution in [3.8, 4) is 0 Å². The molecule has 2 amide bonds. The van der Waals surface area contributed by atoms with Crippen LogP contribution in [0.25, 0.3) is 0 Å². The van der Waals surface area contributed by atoms with Crippen LogP contribution in [0, 0.1) is 11.8 Å². The Labute approximate surface area is 225 Å². The number of anilines is 2. The number of alkyl halides is 6. The van der Waals surface area contributed by atoms with Crippen LogP contribution in [-0.4, -0.2) is 51.8 Å². The van der Waals surface area contributed by atoms with E-state index in [0.717, 1.165) is 0 Å².